The second kappa shape index (κ2) is 12.3. The summed E-state index contributed by atoms with van der Waals surface area (Å²) in [7, 11) is 9.53. The number of aliphatic imine (C=N–C) groups is 2. The fourth-order valence-electron chi connectivity index (χ4n) is 2.92. The molecule has 0 amide bonds. The molecular formula is C24H22Cl2F3FeN3. The van der Waals surface area contributed by atoms with Gasteiger partial charge in [0.1, 0.15) is 0 Å². The molecule has 0 spiro atoms. The summed E-state index contributed by atoms with van der Waals surface area (Å²) >= 11 is 0.194. The van der Waals surface area contributed by atoms with Crippen molar-refractivity contribution >= 4 is 43.0 Å². The topological polar surface area (TPSA) is 37.6 Å². The minimum absolute atomic E-state index is 0.169. The Hall–Kier alpha value is -2.18. The second-order valence-electron chi connectivity index (χ2n) is 7.14. The van der Waals surface area contributed by atoms with E-state index in [4.69, 9.17) is 20.2 Å². The van der Waals surface area contributed by atoms with Gasteiger partial charge in [0.05, 0.1) is 39.7 Å². The van der Waals surface area contributed by atoms with E-state index >= 15 is 0 Å². The van der Waals surface area contributed by atoms with E-state index in [-0.39, 0.29) is 24.5 Å². The molecule has 0 radical (unpaired) electrons. The van der Waals surface area contributed by atoms with Crippen LogP contribution in [0.3, 0.4) is 0 Å². The molecule has 33 heavy (non-hydrogen) atoms. The van der Waals surface area contributed by atoms with Crippen molar-refractivity contribution in [2.75, 3.05) is 0 Å². The molecule has 3 nitrogen and oxygen atoms in total. The fraction of sp³-hybridized carbons (Fsp3) is 0.208. The molecule has 0 unspecified atom stereocenters. The predicted octanol–water partition coefficient (Wildman–Crippen LogP) is 8.38. The third kappa shape index (κ3) is 7.97. The first-order chi connectivity index (χ1) is 15.6. The zero-order valence-corrected chi connectivity index (χ0v) is 21.0. The number of rotatable bonds is 4. The molecule has 176 valence electrons. The number of para-hydroxylation sites is 2. The monoisotopic (exact) mass is 535 g/mol. The maximum atomic E-state index is 13.5. The third-order valence-corrected chi connectivity index (χ3v) is 4.70. The molecule has 2 aromatic carbocycles. The molecule has 0 bridgehead atoms. The molecule has 0 aliphatic rings. The molecule has 0 saturated carbocycles. The van der Waals surface area contributed by atoms with Crippen molar-refractivity contribution in [2.24, 2.45) is 9.98 Å². The molecule has 0 aliphatic heterocycles. The molecular weight excluding hydrogens is 514 g/mol. The van der Waals surface area contributed by atoms with Gasteiger partial charge in [-0.05, 0) is 63.1 Å². The average Bonchev–Trinajstić information content (AvgIpc) is 2.76. The molecule has 0 fully saturated rings. The van der Waals surface area contributed by atoms with E-state index in [0.29, 0.717) is 22.8 Å². The predicted molar refractivity (Wildman–Crippen MR) is 127 cm³/mol. The van der Waals surface area contributed by atoms with Gasteiger partial charge in [-0.2, -0.15) is 13.2 Å². The van der Waals surface area contributed by atoms with Gasteiger partial charge in [-0.25, -0.2) is 4.98 Å². The normalized spacial score (nSPS) is 12.4. The van der Waals surface area contributed by atoms with Crippen LogP contribution in [-0.2, 0) is 19.3 Å². The number of pyridine rings is 1. The number of halogens is 5. The van der Waals surface area contributed by atoms with E-state index in [1.54, 1.807) is 13.8 Å². The number of aromatic nitrogens is 1. The second-order valence-corrected chi connectivity index (χ2v) is 8.97. The van der Waals surface area contributed by atoms with Gasteiger partial charge < -0.3 is 0 Å². The molecule has 0 aliphatic carbocycles. The first kappa shape index (κ1) is 27.1. The van der Waals surface area contributed by atoms with Crippen LogP contribution in [0.2, 0.25) is 0 Å². The van der Waals surface area contributed by atoms with Gasteiger partial charge in [0.2, 0.25) is 0 Å². The van der Waals surface area contributed by atoms with Gasteiger partial charge in [-0.15, -0.1) is 0 Å². The fourth-order valence-corrected chi connectivity index (χ4v) is 2.92. The van der Waals surface area contributed by atoms with Crippen molar-refractivity contribution in [3.05, 3.63) is 88.7 Å². The Labute approximate surface area is 206 Å². The Balaban J connectivity index is 0.00000122. The summed E-state index contributed by atoms with van der Waals surface area (Å²) in [6.07, 6.45) is -4.50. The van der Waals surface area contributed by atoms with E-state index < -0.39 is 11.7 Å². The summed E-state index contributed by atoms with van der Waals surface area (Å²) in [6, 6.07) is 16.9. The van der Waals surface area contributed by atoms with E-state index in [1.807, 2.05) is 62.4 Å². The average molecular weight is 536 g/mol. The zero-order valence-electron chi connectivity index (χ0n) is 18.4. The van der Waals surface area contributed by atoms with Gasteiger partial charge in [-0.1, -0.05) is 36.4 Å². The molecule has 0 N–H and O–H groups in total. The summed E-state index contributed by atoms with van der Waals surface area (Å²) in [5.41, 5.74) is 3.62. The number of aryl methyl sites for hydroxylation is 2. The number of benzene rings is 2. The van der Waals surface area contributed by atoms with E-state index in [0.717, 1.165) is 23.3 Å². The quantitative estimate of drug-likeness (QED) is 0.244. The minimum atomic E-state index is -4.50. The van der Waals surface area contributed by atoms with Crippen LogP contribution in [0, 0.1) is 13.8 Å². The van der Waals surface area contributed by atoms with Crippen molar-refractivity contribution in [1.29, 1.82) is 0 Å². The first-order valence-corrected chi connectivity index (χ1v) is 12.8. The summed E-state index contributed by atoms with van der Waals surface area (Å²) in [4.78, 5) is 13.4. The Morgan fingerprint density at radius 1 is 0.788 bits per heavy atom. The molecule has 3 aromatic rings. The molecule has 9 heteroatoms. The summed E-state index contributed by atoms with van der Waals surface area (Å²) in [6.45, 7) is 7.12. The summed E-state index contributed by atoms with van der Waals surface area (Å²) in [5.74, 6) is 0. The summed E-state index contributed by atoms with van der Waals surface area (Å²) < 4.78 is 40.6. The molecule has 0 saturated heterocycles. The standard InChI is InChI=1S/C24H22F3N3.2ClH.Fe/c1-15-9-5-7-11-20(15)28-17(3)22-13-19(24(25,26)27)14-23(30-22)18(4)29-21-12-8-6-10-16(21)2;;;/h5-14H,1-4H3;2*1H;/q;;;+2/p-2. The number of alkyl halides is 3. The van der Waals surface area contributed by atoms with Crippen LogP contribution in [0.15, 0.2) is 70.6 Å². The van der Waals surface area contributed by atoms with E-state index in [2.05, 4.69) is 15.0 Å². The summed E-state index contributed by atoms with van der Waals surface area (Å²) in [5, 5.41) is 0. The molecule has 1 aromatic heterocycles. The van der Waals surface area contributed by atoms with Gasteiger partial charge in [0.25, 0.3) is 0 Å². The van der Waals surface area contributed by atoms with Crippen molar-refractivity contribution in [3.8, 4) is 0 Å². The Bertz CT molecular complexity index is 1080. The number of nitrogens with zero attached hydrogens (tertiary/aromatic N) is 3. The van der Waals surface area contributed by atoms with Gasteiger partial charge >= 0.3 is 39.5 Å². The number of hydrogen-bond acceptors (Lipinski definition) is 3. The van der Waals surface area contributed by atoms with Crippen molar-refractivity contribution in [1.82, 2.24) is 4.98 Å². The van der Waals surface area contributed by atoms with E-state index in [9.17, 15) is 13.2 Å². The zero-order chi connectivity index (χ0) is 24.6. The molecule has 3 rings (SSSR count). The Morgan fingerprint density at radius 3 is 1.48 bits per heavy atom. The Kier molecular flexibility index (Phi) is 10.1. The van der Waals surface area contributed by atoms with Crippen LogP contribution >= 0.6 is 20.2 Å². The first-order valence-electron chi connectivity index (χ1n) is 9.74. The van der Waals surface area contributed by atoms with Crippen LogP contribution < -0.4 is 0 Å². The van der Waals surface area contributed by atoms with Gasteiger partial charge in [0, 0.05) is 0 Å². The van der Waals surface area contributed by atoms with E-state index in [1.165, 1.54) is 0 Å². The SMILES string of the molecule is CC(=Nc1ccccc1C)c1cc(C(F)(F)F)cc(C(C)=Nc2ccccc2C)n1.[Cl][Fe][Cl]. The van der Waals surface area contributed by atoms with Gasteiger partial charge in [0.15, 0.2) is 0 Å². The van der Waals surface area contributed by atoms with Crippen LogP contribution in [-0.4, -0.2) is 16.4 Å². The van der Waals surface area contributed by atoms with Crippen LogP contribution in [0.1, 0.15) is 41.9 Å². The maximum absolute atomic E-state index is 13.5. The van der Waals surface area contributed by atoms with Crippen LogP contribution in [0.4, 0.5) is 24.5 Å². The molecule has 1 heterocycles. The van der Waals surface area contributed by atoms with Crippen molar-refractivity contribution < 1.29 is 26.3 Å². The Morgan fingerprint density at radius 2 is 1.15 bits per heavy atom. The number of hydrogen-bond donors (Lipinski definition) is 0. The van der Waals surface area contributed by atoms with Crippen molar-refractivity contribution in [3.63, 3.8) is 0 Å². The third-order valence-electron chi connectivity index (χ3n) is 4.70. The van der Waals surface area contributed by atoms with Crippen LogP contribution in [0.25, 0.3) is 0 Å². The molecule has 0 atom stereocenters. The van der Waals surface area contributed by atoms with Crippen LogP contribution in [0.5, 0.6) is 0 Å². The van der Waals surface area contributed by atoms with Crippen molar-refractivity contribution in [2.45, 2.75) is 33.9 Å². The van der Waals surface area contributed by atoms with Gasteiger partial charge in [-0.3, -0.25) is 9.98 Å².